The Bertz CT molecular complexity index is 445. The predicted octanol–water partition coefficient (Wildman–Crippen LogP) is 4.14. The smallest absolute Gasteiger partial charge is 0.0675 e. The molecule has 0 aromatic rings. The van der Waals surface area contributed by atoms with E-state index in [9.17, 15) is 10.2 Å². The van der Waals surface area contributed by atoms with Crippen LogP contribution in [-0.2, 0) is 0 Å². The van der Waals surface area contributed by atoms with Crippen LogP contribution in [-0.4, -0.2) is 22.4 Å². The Labute approximate surface area is 135 Å². The van der Waals surface area contributed by atoms with Crippen molar-refractivity contribution < 1.29 is 10.2 Å². The van der Waals surface area contributed by atoms with Gasteiger partial charge in [-0.05, 0) is 92.8 Å². The molecule has 0 aromatic carbocycles. The average molecular weight is 306 g/mol. The molecular weight excluding hydrogens is 272 g/mol. The molecule has 22 heavy (non-hydrogen) atoms. The van der Waals surface area contributed by atoms with Gasteiger partial charge in [-0.1, -0.05) is 19.8 Å². The highest BCUT2D eigenvalue weighted by molar-refractivity contribution is 5.13. The topological polar surface area (TPSA) is 40.5 Å². The Balaban J connectivity index is 1.68. The molecule has 4 rings (SSSR count). The van der Waals surface area contributed by atoms with Crippen molar-refractivity contribution >= 4 is 0 Å². The van der Waals surface area contributed by atoms with Crippen LogP contribution in [0.15, 0.2) is 0 Å². The fourth-order valence-corrected chi connectivity index (χ4v) is 7.62. The van der Waals surface area contributed by atoms with E-state index in [0.29, 0.717) is 12.5 Å². The van der Waals surface area contributed by atoms with Crippen LogP contribution in [0.3, 0.4) is 0 Å². The first-order valence-corrected chi connectivity index (χ1v) is 9.78. The molecule has 0 aliphatic heterocycles. The summed E-state index contributed by atoms with van der Waals surface area (Å²) >= 11 is 0. The van der Waals surface area contributed by atoms with Gasteiger partial charge >= 0.3 is 0 Å². The Morgan fingerprint density at radius 2 is 1.64 bits per heavy atom. The lowest BCUT2D eigenvalue weighted by Gasteiger charge is -2.61. The zero-order chi connectivity index (χ0) is 15.6. The molecule has 0 amide bonds. The third-order valence-corrected chi connectivity index (χ3v) is 9.14. The van der Waals surface area contributed by atoms with Crippen molar-refractivity contribution in [1.82, 2.24) is 0 Å². The molecule has 7 atom stereocenters. The van der Waals surface area contributed by atoms with Crippen LogP contribution in [0.25, 0.3) is 0 Å². The second-order valence-corrected chi connectivity index (χ2v) is 9.56. The van der Waals surface area contributed by atoms with Gasteiger partial charge in [-0.2, -0.15) is 0 Å². The largest absolute Gasteiger partial charge is 0.396 e. The summed E-state index contributed by atoms with van der Waals surface area (Å²) in [5.41, 5.74) is -0.123. The van der Waals surface area contributed by atoms with E-state index in [-0.39, 0.29) is 10.8 Å². The van der Waals surface area contributed by atoms with Crippen molar-refractivity contribution in [3.05, 3.63) is 0 Å². The van der Waals surface area contributed by atoms with Crippen LogP contribution < -0.4 is 0 Å². The van der Waals surface area contributed by atoms with E-state index in [4.69, 9.17) is 0 Å². The standard InChI is InChI=1S/C20H34O2/c1-18-11-8-17-15(16(18)9-12-19(18,2)22)7-6-14-5-3-4-10-20(14,17)13-21/h14-17,21-22H,3-13H2,1-2H3/t14-,15+,16+,17+,18+,19+,20-/m1/s1. The predicted molar refractivity (Wildman–Crippen MR) is 88.4 cm³/mol. The Morgan fingerprint density at radius 1 is 0.864 bits per heavy atom. The number of hydrogen-bond donors (Lipinski definition) is 2. The molecule has 0 saturated heterocycles. The summed E-state index contributed by atoms with van der Waals surface area (Å²) in [6.07, 6.45) is 12.6. The molecule has 0 bridgehead atoms. The molecule has 126 valence electrons. The summed E-state index contributed by atoms with van der Waals surface area (Å²) in [5, 5.41) is 21.3. The molecule has 4 aliphatic rings. The fraction of sp³-hybridized carbons (Fsp3) is 1.00. The van der Waals surface area contributed by atoms with E-state index >= 15 is 0 Å². The lowest BCUT2D eigenvalue weighted by atomic mass is 9.44. The van der Waals surface area contributed by atoms with E-state index < -0.39 is 5.60 Å². The lowest BCUT2D eigenvalue weighted by Crippen LogP contribution is -2.57. The van der Waals surface area contributed by atoms with Gasteiger partial charge in [0.2, 0.25) is 0 Å². The van der Waals surface area contributed by atoms with E-state index in [1.165, 1.54) is 57.8 Å². The normalized spacial score (nSPS) is 57.8. The molecule has 0 unspecified atom stereocenters. The maximum Gasteiger partial charge on any atom is 0.0675 e. The van der Waals surface area contributed by atoms with Crippen molar-refractivity contribution in [2.45, 2.75) is 83.7 Å². The van der Waals surface area contributed by atoms with Crippen molar-refractivity contribution in [2.24, 2.45) is 34.5 Å². The van der Waals surface area contributed by atoms with E-state index in [1.807, 2.05) is 0 Å². The van der Waals surface area contributed by atoms with E-state index in [1.54, 1.807) is 0 Å². The highest BCUT2D eigenvalue weighted by Crippen LogP contribution is 2.68. The molecule has 4 fully saturated rings. The van der Waals surface area contributed by atoms with Crippen molar-refractivity contribution in [1.29, 1.82) is 0 Å². The highest BCUT2D eigenvalue weighted by atomic mass is 16.3. The van der Waals surface area contributed by atoms with Crippen LogP contribution in [0.5, 0.6) is 0 Å². The second kappa shape index (κ2) is 4.96. The Morgan fingerprint density at radius 3 is 2.41 bits per heavy atom. The van der Waals surface area contributed by atoms with Crippen LogP contribution in [0.4, 0.5) is 0 Å². The van der Waals surface area contributed by atoms with Crippen LogP contribution in [0, 0.1) is 34.5 Å². The molecule has 2 N–H and O–H groups in total. The summed E-state index contributed by atoms with van der Waals surface area (Å²) in [4.78, 5) is 0. The van der Waals surface area contributed by atoms with Gasteiger partial charge in [0.25, 0.3) is 0 Å². The quantitative estimate of drug-likeness (QED) is 0.764. The minimum atomic E-state index is -0.474. The van der Waals surface area contributed by atoms with E-state index in [2.05, 4.69) is 13.8 Å². The molecule has 0 radical (unpaired) electrons. The summed E-state index contributed by atoms with van der Waals surface area (Å²) in [5.74, 6) is 2.95. The number of hydrogen-bond acceptors (Lipinski definition) is 2. The van der Waals surface area contributed by atoms with Gasteiger partial charge in [-0.15, -0.1) is 0 Å². The van der Waals surface area contributed by atoms with Crippen molar-refractivity contribution in [2.75, 3.05) is 6.61 Å². The molecule has 0 aromatic heterocycles. The summed E-state index contributed by atoms with van der Waals surface area (Å²) < 4.78 is 0. The number of fused-ring (bicyclic) bond motifs is 5. The molecule has 4 aliphatic carbocycles. The zero-order valence-electron chi connectivity index (χ0n) is 14.5. The van der Waals surface area contributed by atoms with Crippen LogP contribution in [0.2, 0.25) is 0 Å². The van der Waals surface area contributed by atoms with Crippen molar-refractivity contribution in [3.63, 3.8) is 0 Å². The SMILES string of the molecule is C[C@]1(O)CC[C@H]2[C@@H]3CC[C@H]4CCCC[C@]4(CO)[C@H]3CC[C@@]21C. The van der Waals surface area contributed by atoms with Gasteiger partial charge in [-0.3, -0.25) is 0 Å². The number of aliphatic hydroxyl groups excluding tert-OH is 1. The van der Waals surface area contributed by atoms with Gasteiger partial charge in [0.1, 0.15) is 0 Å². The van der Waals surface area contributed by atoms with E-state index in [0.717, 1.165) is 24.2 Å². The first-order chi connectivity index (χ1) is 10.4. The number of rotatable bonds is 1. The zero-order valence-corrected chi connectivity index (χ0v) is 14.5. The molecular formula is C20H34O2. The third kappa shape index (κ3) is 1.80. The second-order valence-electron chi connectivity index (χ2n) is 9.56. The third-order valence-electron chi connectivity index (χ3n) is 9.14. The minimum Gasteiger partial charge on any atom is -0.396 e. The average Bonchev–Trinajstić information content (AvgIpc) is 2.77. The van der Waals surface area contributed by atoms with Gasteiger partial charge in [-0.25, -0.2) is 0 Å². The van der Waals surface area contributed by atoms with Crippen LogP contribution >= 0.6 is 0 Å². The van der Waals surface area contributed by atoms with Crippen molar-refractivity contribution in [3.8, 4) is 0 Å². The summed E-state index contributed by atoms with van der Waals surface area (Å²) in [7, 11) is 0. The number of aliphatic hydroxyl groups is 2. The molecule has 0 spiro atoms. The monoisotopic (exact) mass is 306 g/mol. The highest BCUT2D eigenvalue weighted by Gasteiger charge is 2.63. The maximum atomic E-state index is 10.9. The first kappa shape index (κ1) is 15.4. The molecule has 2 heteroatoms. The van der Waals surface area contributed by atoms with Gasteiger partial charge in [0.15, 0.2) is 0 Å². The first-order valence-electron chi connectivity index (χ1n) is 9.78. The molecule has 2 nitrogen and oxygen atoms in total. The minimum absolute atomic E-state index is 0.117. The summed E-state index contributed by atoms with van der Waals surface area (Å²) in [6.45, 7) is 4.86. The lowest BCUT2D eigenvalue weighted by molar-refractivity contribution is -0.162. The maximum absolute atomic E-state index is 10.9. The fourth-order valence-electron chi connectivity index (χ4n) is 7.62. The summed E-state index contributed by atoms with van der Waals surface area (Å²) in [6, 6.07) is 0. The molecule has 0 heterocycles. The Kier molecular flexibility index (Phi) is 3.48. The van der Waals surface area contributed by atoms with Crippen LogP contribution in [0.1, 0.15) is 78.1 Å². The van der Waals surface area contributed by atoms with Gasteiger partial charge < -0.3 is 10.2 Å². The Hall–Kier alpha value is -0.0800. The van der Waals surface area contributed by atoms with Gasteiger partial charge in [0, 0.05) is 6.61 Å². The van der Waals surface area contributed by atoms with Gasteiger partial charge in [0.05, 0.1) is 5.60 Å². The molecule has 4 saturated carbocycles.